The Balaban J connectivity index is 1.06. The molecule has 0 bridgehead atoms. The molecule has 0 fully saturated rings. The molecule has 0 aliphatic carbocycles. The molecule has 0 atom stereocenters. The molecular weight excluding hydrogens is 564 g/mol. The molecule has 45 heavy (non-hydrogen) atoms. The van der Waals surface area contributed by atoms with Crippen LogP contribution in [-0.2, 0) is 0 Å². The number of rotatable bonds is 10. The number of benzene rings is 6. The number of carbonyl (C=O) groups is 2. The van der Waals surface area contributed by atoms with Crippen molar-refractivity contribution in [2.75, 3.05) is 10.6 Å². The smallest absolute Gasteiger partial charge is 0.255 e. The second-order valence-electron chi connectivity index (χ2n) is 9.88. The van der Waals surface area contributed by atoms with Gasteiger partial charge >= 0.3 is 0 Å². The number of hydrogen-bond donors (Lipinski definition) is 2. The molecular formula is C38H28N2O5. The van der Waals surface area contributed by atoms with Crippen LogP contribution in [0.3, 0.4) is 0 Å². The van der Waals surface area contributed by atoms with E-state index in [4.69, 9.17) is 14.2 Å². The van der Waals surface area contributed by atoms with Crippen LogP contribution < -0.4 is 24.8 Å². The largest absolute Gasteiger partial charge is 0.457 e. The molecule has 0 heterocycles. The average Bonchev–Trinajstić information content (AvgIpc) is 3.08. The summed E-state index contributed by atoms with van der Waals surface area (Å²) in [7, 11) is 0. The number of carbonyl (C=O) groups excluding carboxylic acids is 2. The minimum absolute atomic E-state index is 0.281. The quantitative estimate of drug-likeness (QED) is 0.165. The Morgan fingerprint density at radius 1 is 0.356 bits per heavy atom. The van der Waals surface area contributed by atoms with Crippen LogP contribution >= 0.6 is 0 Å². The first-order valence-electron chi connectivity index (χ1n) is 14.3. The van der Waals surface area contributed by atoms with Crippen molar-refractivity contribution in [2.24, 2.45) is 0 Å². The highest BCUT2D eigenvalue weighted by molar-refractivity contribution is 6.05. The summed E-state index contributed by atoms with van der Waals surface area (Å²) in [5.74, 6) is 2.96. The van der Waals surface area contributed by atoms with E-state index in [1.165, 1.54) is 0 Å². The predicted octanol–water partition coefficient (Wildman–Crippen LogP) is 9.57. The fourth-order valence-electron chi connectivity index (χ4n) is 4.42. The van der Waals surface area contributed by atoms with E-state index in [2.05, 4.69) is 10.6 Å². The lowest BCUT2D eigenvalue weighted by atomic mass is 10.2. The molecule has 0 spiro atoms. The van der Waals surface area contributed by atoms with E-state index in [0.29, 0.717) is 57.0 Å². The van der Waals surface area contributed by atoms with Crippen molar-refractivity contribution in [3.05, 3.63) is 169 Å². The first kappa shape index (κ1) is 28.8. The molecule has 0 aliphatic heterocycles. The molecule has 2 N–H and O–H groups in total. The molecule has 0 unspecified atom stereocenters. The van der Waals surface area contributed by atoms with E-state index in [0.717, 1.165) is 0 Å². The maximum absolute atomic E-state index is 13.0. The summed E-state index contributed by atoms with van der Waals surface area (Å²) in [5.41, 5.74) is 2.03. The monoisotopic (exact) mass is 592 g/mol. The van der Waals surface area contributed by atoms with Gasteiger partial charge in [-0.15, -0.1) is 0 Å². The van der Waals surface area contributed by atoms with Crippen LogP contribution in [0.15, 0.2) is 158 Å². The normalized spacial score (nSPS) is 10.4. The highest BCUT2D eigenvalue weighted by Gasteiger charge is 2.13. The maximum atomic E-state index is 13.0. The highest BCUT2D eigenvalue weighted by atomic mass is 16.5. The lowest BCUT2D eigenvalue weighted by Crippen LogP contribution is -2.12. The zero-order valence-corrected chi connectivity index (χ0v) is 24.1. The molecule has 6 aromatic carbocycles. The van der Waals surface area contributed by atoms with E-state index < -0.39 is 0 Å². The van der Waals surface area contributed by atoms with Crippen molar-refractivity contribution >= 4 is 23.2 Å². The molecule has 0 saturated heterocycles. The Morgan fingerprint density at radius 3 is 1.09 bits per heavy atom. The Hall–Kier alpha value is -6.34. The molecule has 2 amide bonds. The minimum atomic E-state index is -0.281. The molecule has 6 aromatic rings. The number of anilines is 2. The van der Waals surface area contributed by atoms with Gasteiger partial charge in [0.25, 0.3) is 11.8 Å². The third-order valence-corrected chi connectivity index (χ3v) is 6.68. The van der Waals surface area contributed by atoms with Crippen LogP contribution in [0.2, 0.25) is 0 Å². The van der Waals surface area contributed by atoms with Gasteiger partial charge in [-0.3, -0.25) is 9.59 Å². The summed E-state index contributed by atoms with van der Waals surface area (Å²) in [6.45, 7) is 0. The summed E-state index contributed by atoms with van der Waals surface area (Å²) in [6.07, 6.45) is 0. The Morgan fingerprint density at radius 2 is 0.689 bits per heavy atom. The fourth-order valence-corrected chi connectivity index (χ4v) is 4.42. The summed E-state index contributed by atoms with van der Waals surface area (Å²) >= 11 is 0. The fraction of sp³-hybridized carbons (Fsp3) is 0. The zero-order chi connectivity index (χ0) is 30.8. The van der Waals surface area contributed by atoms with E-state index in [1.807, 2.05) is 84.9 Å². The van der Waals surface area contributed by atoms with E-state index in [-0.39, 0.29) is 11.8 Å². The van der Waals surface area contributed by atoms with E-state index in [9.17, 15) is 9.59 Å². The van der Waals surface area contributed by atoms with Crippen molar-refractivity contribution < 1.29 is 23.8 Å². The molecule has 0 radical (unpaired) electrons. The van der Waals surface area contributed by atoms with Crippen molar-refractivity contribution in [1.82, 2.24) is 0 Å². The van der Waals surface area contributed by atoms with Crippen molar-refractivity contribution in [2.45, 2.75) is 0 Å². The number of amides is 2. The van der Waals surface area contributed by atoms with Crippen LogP contribution in [0.1, 0.15) is 20.7 Å². The SMILES string of the molecule is O=C(Nc1ccccc1Oc1ccccc1)c1ccc(Oc2ccc(C(=O)Nc3ccccc3Oc3ccccc3)cc2)cc1. The Kier molecular flexibility index (Phi) is 8.79. The van der Waals surface area contributed by atoms with Crippen LogP contribution in [-0.4, -0.2) is 11.8 Å². The average molecular weight is 593 g/mol. The molecule has 0 saturated carbocycles. The van der Waals surface area contributed by atoms with Gasteiger partial charge in [0.05, 0.1) is 11.4 Å². The first-order valence-corrected chi connectivity index (χ1v) is 14.3. The van der Waals surface area contributed by atoms with Gasteiger partial charge in [-0.25, -0.2) is 0 Å². The zero-order valence-electron chi connectivity index (χ0n) is 24.1. The second-order valence-corrected chi connectivity index (χ2v) is 9.88. The molecule has 220 valence electrons. The van der Waals surface area contributed by atoms with Gasteiger partial charge in [0.1, 0.15) is 23.0 Å². The van der Waals surface area contributed by atoms with Gasteiger partial charge in [0.15, 0.2) is 11.5 Å². The highest BCUT2D eigenvalue weighted by Crippen LogP contribution is 2.31. The minimum Gasteiger partial charge on any atom is -0.457 e. The third kappa shape index (κ3) is 7.55. The van der Waals surface area contributed by atoms with Gasteiger partial charge in [0, 0.05) is 11.1 Å². The van der Waals surface area contributed by atoms with Crippen LogP contribution in [0.4, 0.5) is 11.4 Å². The molecule has 7 heteroatoms. The first-order chi connectivity index (χ1) is 22.1. The lowest BCUT2D eigenvalue weighted by molar-refractivity contribution is 0.101. The van der Waals surface area contributed by atoms with Gasteiger partial charge in [-0.1, -0.05) is 60.7 Å². The molecule has 6 rings (SSSR count). The Labute approximate surface area is 260 Å². The maximum Gasteiger partial charge on any atom is 0.255 e. The number of hydrogen-bond acceptors (Lipinski definition) is 5. The van der Waals surface area contributed by atoms with Crippen LogP contribution in [0.5, 0.6) is 34.5 Å². The van der Waals surface area contributed by atoms with E-state index >= 15 is 0 Å². The third-order valence-electron chi connectivity index (χ3n) is 6.68. The van der Waals surface area contributed by atoms with Crippen molar-refractivity contribution in [3.63, 3.8) is 0 Å². The summed E-state index contributed by atoms with van der Waals surface area (Å²) in [6, 6.07) is 46.9. The number of ether oxygens (including phenoxy) is 3. The summed E-state index contributed by atoms with van der Waals surface area (Å²) < 4.78 is 17.8. The van der Waals surface area contributed by atoms with Gasteiger partial charge in [-0.2, -0.15) is 0 Å². The van der Waals surface area contributed by atoms with Crippen molar-refractivity contribution in [1.29, 1.82) is 0 Å². The standard InChI is InChI=1S/C38H28N2O5/c41-37(39-33-15-7-9-17-35(33)44-29-11-3-1-4-12-29)27-19-23-31(24-20-27)43-32-25-21-28(22-26-32)38(42)40-34-16-8-10-18-36(34)45-30-13-5-2-6-14-30/h1-26H,(H,39,41)(H,40,42). The Bertz CT molecular complexity index is 1750. The van der Waals surface area contributed by atoms with Crippen LogP contribution in [0.25, 0.3) is 0 Å². The van der Waals surface area contributed by atoms with Gasteiger partial charge in [-0.05, 0) is 97.1 Å². The van der Waals surface area contributed by atoms with Gasteiger partial charge in [0.2, 0.25) is 0 Å². The topological polar surface area (TPSA) is 85.9 Å². The van der Waals surface area contributed by atoms with Gasteiger partial charge < -0.3 is 24.8 Å². The number of para-hydroxylation sites is 6. The molecule has 0 aliphatic rings. The van der Waals surface area contributed by atoms with E-state index in [1.54, 1.807) is 72.8 Å². The van der Waals surface area contributed by atoms with Crippen molar-refractivity contribution in [3.8, 4) is 34.5 Å². The number of nitrogens with one attached hydrogen (secondary N) is 2. The molecule has 7 nitrogen and oxygen atoms in total. The second kappa shape index (κ2) is 13.8. The van der Waals surface area contributed by atoms with Crippen LogP contribution in [0, 0.1) is 0 Å². The summed E-state index contributed by atoms with van der Waals surface area (Å²) in [5, 5.41) is 5.83. The lowest BCUT2D eigenvalue weighted by Gasteiger charge is -2.13. The molecule has 0 aromatic heterocycles. The predicted molar refractivity (Wildman–Crippen MR) is 175 cm³/mol. The summed E-state index contributed by atoms with van der Waals surface area (Å²) in [4.78, 5) is 26.0.